The van der Waals surface area contributed by atoms with Crippen LogP contribution in [0.1, 0.15) is 13.8 Å². The Bertz CT molecular complexity index is 561. The van der Waals surface area contributed by atoms with Crippen LogP contribution in [0, 0.1) is 5.92 Å². The van der Waals surface area contributed by atoms with E-state index in [4.69, 9.17) is 9.47 Å². The molecule has 1 aliphatic rings. The topological polar surface area (TPSA) is 18.5 Å². The smallest absolute Gasteiger partial charge is 0.129 e. The molecule has 0 spiro atoms. The van der Waals surface area contributed by atoms with E-state index in [1.165, 1.54) is 4.91 Å². The monoisotopic (exact) mass is 396 g/mol. The second-order valence-corrected chi connectivity index (χ2v) is 9.03. The third-order valence-corrected chi connectivity index (χ3v) is 6.41. The quantitative estimate of drug-likeness (QED) is 0.376. The summed E-state index contributed by atoms with van der Waals surface area (Å²) in [6.07, 6.45) is 10.9. The minimum atomic E-state index is 0.331. The summed E-state index contributed by atoms with van der Waals surface area (Å²) in [7, 11) is 3.43. The van der Waals surface area contributed by atoms with Crippen LogP contribution in [0.4, 0.5) is 0 Å². The Hall–Kier alpha value is -0.750. The maximum absolute atomic E-state index is 5.60. The molecule has 25 heavy (non-hydrogen) atoms. The number of ether oxygens (including phenoxy) is 2. The average Bonchev–Trinajstić information content (AvgIpc) is 2.59. The predicted molar refractivity (Wildman–Crippen MR) is 118 cm³/mol. The van der Waals surface area contributed by atoms with Crippen molar-refractivity contribution in [1.82, 2.24) is 0 Å². The number of methoxy groups -OCH3 is 2. The van der Waals surface area contributed by atoms with E-state index in [0.717, 1.165) is 10.7 Å². The second kappa shape index (κ2) is 12.6. The molecular formula is C20H28O2S3. The third kappa shape index (κ3) is 7.99. The minimum Gasteiger partial charge on any atom is -0.496 e. The van der Waals surface area contributed by atoms with E-state index in [1.54, 1.807) is 37.7 Å². The highest BCUT2D eigenvalue weighted by Gasteiger charge is 2.23. The first-order valence-corrected chi connectivity index (χ1v) is 10.8. The van der Waals surface area contributed by atoms with Crippen molar-refractivity contribution in [2.45, 2.75) is 24.3 Å². The van der Waals surface area contributed by atoms with Crippen molar-refractivity contribution < 1.29 is 9.47 Å². The van der Waals surface area contributed by atoms with E-state index in [9.17, 15) is 0 Å². The molecule has 0 saturated heterocycles. The summed E-state index contributed by atoms with van der Waals surface area (Å²) in [5, 5.41) is 4.44. The maximum Gasteiger partial charge on any atom is 0.129 e. The zero-order valence-corrected chi connectivity index (χ0v) is 17.9. The fourth-order valence-corrected chi connectivity index (χ4v) is 4.61. The number of hydrogen-bond acceptors (Lipinski definition) is 5. The summed E-state index contributed by atoms with van der Waals surface area (Å²) >= 11 is 5.15. The molecule has 0 aromatic heterocycles. The molecule has 0 saturated carbocycles. The van der Waals surface area contributed by atoms with Gasteiger partial charge in [-0.3, -0.25) is 0 Å². The number of thioether (sulfide) groups is 3. The van der Waals surface area contributed by atoms with Gasteiger partial charge in [-0.05, 0) is 35.8 Å². The lowest BCUT2D eigenvalue weighted by Crippen LogP contribution is -2.16. The van der Waals surface area contributed by atoms with Gasteiger partial charge in [-0.1, -0.05) is 50.1 Å². The van der Waals surface area contributed by atoms with Crippen LogP contribution in [0.15, 0.2) is 69.9 Å². The van der Waals surface area contributed by atoms with Crippen LogP contribution < -0.4 is 0 Å². The van der Waals surface area contributed by atoms with Crippen LogP contribution in [0.3, 0.4) is 0 Å². The van der Waals surface area contributed by atoms with Crippen molar-refractivity contribution in [3.63, 3.8) is 0 Å². The first kappa shape index (κ1) is 22.3. The zero-order valence-electron chi connectivity index (χ0n) is 15.4. The van der Waals surface area contributed by atoms with E-state index in [2.05, 4.69) is 57.4 Å². The van der Waals surface area contributed by atoms with Crippen LogP contribution in [-0.2, 0) is 9.47 Å². The predicted octanol–water partition coefficient (Wildman–Crippen LogP) is 6.38. The zero-order chi connectivity index (χ0) is 18.7. The Morgan fingerprint density at radius 3 is 2.64 bits per heavy atom. The highest BCUT2D eigenvalue weighted by molar-refractivity contribution is 8.06. The summed E-state index contributed by atoms with van der Waals surface area (Å²) in [6.45, 7) is 12.6. The third-order valence-electron chi connectivity index (χ3n) is 3.48. The summed E-state index contributed by atoms with van der Waals surface area (Å²) in [5.74, 6) is 1.41. The van der Waals surface area contributed by atoms with Gasteiger partial charge in [0.05, 0.1) is 13.7 Å². The average molecular weight is 397 g/mol. The molecule has 0 bridgehead atoms. The number of rotatable bonds is 11. The standard InChI is InChI=1S/C20H28O2S3/c1-7-23-17(11-12-21-5)10-9-16(4)25-20-13-15(3)19(24-8-2)14-18(20)22-6/h7-11,13-16,19H,1-2,12H2,3-6H3/b10-9-,17-11+. The molecule has 3 unspecified atom stereocenters. The van der Waals surface area contributed by atoms with Crippen molar-refractivity contribution in [2.75, 3.05) is 20.8 Å². The van der Waals surface area contributed by atoms with Gasteiger partial charge in [-0.2, -0.15) is 0 Å². The summed E-state index contributed by atoms with van der Waals surface area (Å²) in [4.78, 5) is 2.34. The molecule has 2 nitrogen and oxygen atoms in total. The maximum atomic E-state index is 5.60. The lowest BCUT2D eigenvalue weighted by atomic mass is 10.0. The largest absolute Gasteiger partial charge is 0.496 e. The van der Waals surface area contributed by atoms with Gasteiger partial charge in [-0.15, -0.1) is 23.5 Å². The lowest BCUT2D eigenvalue weighted by molar-refractivity contribution is 0.233. The first-order valence-electron chi connectivity index (χ1n) is 8.11. The molecule has 0 radical (unpaired) electrons. The highest BCUT2D eigenvalue weighted by Crippen LogP contribution is 2.38. The van der Waals surface area contributed by atoms with Crippen LogP contribution in [0.2, 0.25) is 0 Å². The van der Waals surface area contributed by atoms with E-state index in [1.807, 2.05) is 22.6 Å². The van der Waals surface area contributed by atoms with Crippen LogP contribution >= 0.6 is 35.3 Å². The molecular weight excluding hydrogens is 368 g/mol. The summed E-state index contributed by atoms with van der Waals surface area (Å²) < 4.78 is 10.7. The molecule has 0 fully saturated rings. The van der Waals surface area contributed by atoms with Crippen molar-refractivity contribution in [2.24, 2.45) is 5.92 Å². The van der Waals surface area contributed by atoms with Gasteiger partial charge >= 0.3 is 0 Å². The van der Waals surface area contributed by atoms with Gasteiger partial charge in [0.25, 0.3) is 0 Å². The van der Waals surface area contributed by atoms with Gasteiger partial charge in [0.2, 0.25) is 0 Å². The Balaban J connectivity index is 2.77. The fourth-order valence-electron chi connectivity index (χ4n) is 2.23. The molecule has 138 valence electrons. The Morgan fingerprint density at radius 1 is 1.28 bits per heavy atom. The molecule has 0 N–H and O–H groups in total. The van der Waals surface area contributed by atoms with E-state index in [-0.39, 0.29) is 0 Å². The minimum absolute atomic E-state index is 0.331. The van der Waals surface area contributed by atoms with Crippen molar-refractivity contribution in [3.8, 4) is 0 Å². The Labute approximate surface area is 165 Å². The van der Waals surface area contributed by atoms with Gasteiger partial charge < -0.3 is 9.47 Å². The van der Waals surface area contributed by atoms with Crippen LogP contribution in [0.5, 0.6) is 0 Å². The molecule has 0 aliphatic heterocycles. The van der Waals surface area contributed by atoms with Gasteiger partial charge in [-0.25, -0.2) is 0 Å². The number of allylic oxidation sites excluding steroid dienone is 2. The molecule has 0 aromatic carbocycles. The summed E-state index contributed by atoms with van der Waals surface area (Å²) in [5.41, 5.74) is 0. The molecule has 1 rings (SSSR count). The molecule has 0 amide bonds. The van der Waals surface area contributed by atoms with E-state index < -0.39 is 0 Å². The Kier molecular flexibility index (Phi) is 11.2. The Morgan fingerprint density at radius 2 is 2.04 bits per heavy atom. The van der Waals surface area contributed by atoms with Crippen molar-refractivity contribution in [3.05, 3.63) is 69.9 Å². The van der Waals surface area contributed by atoms with Crippen molar-refractivity contribution in [1.29, 1.82) is 0 Å². The highest BCUT2D eigenvalue weighted by atomic mass is 32.2. The van der Waals surface area contributed by atoms with Gasteiger partial charge in [0, 0.05) is 27.4 Å². The van der Waals surface area contributed by atoms with Gasteiger partial charge in [0.15, 0.2) is 0 Å². The van der Waals surface area contributed by atoms with Crippen LogP contribution in [-0.4, -0.2) is 31.3 Å². The molecule has 5 heteroatoms. The molecule has 0 aromatic rings. The number of hydrogen-bond donors (Lipinski definition) is 0. The van der Waals surface area contributed by atoms with Gasteiger partial charge in [0.1, 0.15) is 5.76 Å². The summed E-state index contributed by atoms with van der Waals surface area (Å²) in [6, 6.07) is 0. The SMILES string of the molecule is C=CSC(/C=C\C(C)SC1=CC(C)C(SC=C)C=C1OC)=C/COC. The normalized spacial score (nSPS) is 22.3. The lowest BCUT2D eigenvalue weighted by Gasteiger charge is -2.25. The molecule has 1 aliphatic carbocycles. The van der Waals surface area contributed by atoms with E-state index in [0.29, 0.717) is 23.0 Å². The molecule has 3 atom stereocenters. The first-order chi connectivity index (χ1) is 12.0. The fraction of sp³-hybridized carbons (Fsp3) is 0.400. The second-order valence-electron chi connectivity index (χ2n) is 5.42. The molecule has 0 heterocycles. The van der Waals surface area contributed by atoms with E-state index >= 15 is 0 Å². The van der Waals surface area contributed by atoms with Crippen molar-refractivity contribution >= 4 is 35.3 Å². The van der Waals surface area contributed by atoms with Crippen LogP contribution in [0.25, 0.3) is 0 Å².